The monoisotopic (exact) mass is 378 g/mol. The number of nitrogens with one attached hydrogen (secondary N) is 2. The number of hydrogen-bond donors (Lipinski definition) is 2. The van der Waals surface area contributed by atoms with Crippen molar-refractivity contribution in [1.29, 1.82) is 0 Å². The SMILES string of the molecule is CCOc1ccc2ccccc2c1C1NC(=O)c2c(sc3c2CCCC3)N1. The topological polar surface area (TPSA) is 50.4 Å². The Hall–Kier alpha value is -2.53. The minimum absolute atomic E-state index is 0.0310. The second kappa shape index (κ2) is 6.57. The highest BCUT2D eigenvalue weighted by molar-refractivity contribution is 7.16. The van der Waals surface area contributed by atoms with E-state index in [-0.39, 0.29) is 12.1 Å². The fourth-order valence-electron chi connectivity index (χ4n) is 4.28. The fraction of sp³-hybridized carbons (Fsp3) is 0.318. The number of thiophene rings is 1. The van der Waals surface area contributed by atoms with Crippen LogP contribution in [0.2, 0.25) is 0 Å². The zero-order valence-electron chi connectivity index (χ0n) is 15.3. The molecule has 4 nitrogen and oxygen atoms in total. The van der Waals surface area contributed by atoms with Gasteiger partial charge in [0.25, 0.3) is 5.91 Å². The van der Waals surface area contributed by atoms with E-state index in [0.717, 1.165) is 45.5 Å². The number of ether oxygens (including phenoxy) is 1. The molecule has 1 unspecified atom stereocenters. The first kappa shape index (κ1) is 16.6. The highest BCUT2D eigenvalue weighted by atomic mass is 32.1. The molecular formula is C22H22N2O2S. The van der Waals surface area contributed by atoms with Gasteiger partial charge >= 0.3 is 0 Å². The molecule has 0 saturated heterocycles. The first-order chi connectivity index (χ1) is 13.3. The number of anilines is 1. The fourth-order valence-corrected chi connectivity index (χ4v) is 5.59. The van der Waals surface area contributed by atoms with Crippen LogP contribution in [0.25, 0.3) is 10.8 Å². The van der Waals surface area contributed by atoms with Crippen LogP contribution in [0.15, 0.2) is 36.4 Å². The van der Waals surface area contributed by atoms with Gasteiger partial charge in [-0.1, -0.05) is 30.3 Å². The van der Waals surface area contributed by atoms with Crippen molar-refractivity contribution in [3.8, 4) is 5.75 Å². The van der Waals surface area contributed by atoms with Crippen molar-refractivity contribution in [3.05, 3.63) is 58.0 Å². The molecule has 1 aromatic heterocycles. The third-order valence-electron chi connectivity index (χ3n) is 5.47. The predicted molar refractivity (Wildman–Crippen MR) is 110 cm³/mol. The van der Waals surface area contributed by atoms with Crippen molar-refractivity contribution in [1.82, 2.24) is 5.32 Å². The van der Waals surface area contributed by atoms with E-state index in [1.54, 1.807) is 11.3 Å². The van der Waals surface area contributed by atoms with E-state index in [1.807, 2.05) is 25.1 Å². The summed E-state index contributed by atoms with van der Waals surface area (Å²) >= 11 is 1.75. The highest BCUT2D eigenvalue weighted by Gasteiger charge is 2.33. The molecule has 1 amide bonds. The van der Waals surface area contributed by atoms with Crippen LogP contribution in [-0.4, -0.2) is 12.5 Å². The molecule has 0 fully saturated rings. The summed E-state index contributed by atoms with van der Waals surface area (Å²) in [6.45, 7) is 2.57. The first-order valence-electron chi connectivity index (χ1n) is 9.62. The quantitative estimate of drug-likeness (QED) is 0.672. The van der Waals surface area contributed by atoms with Gasteiger partial charge in [-0.25, -0.2) is 0 Å². The van der Waals surface area contributed by atoms with Gasteiger partial charge in [0.2, 0.25) is 0 Å². The van der Waals surface area contributed by atoms with Gasteiger partial charge in [-0.3, -0.25) is 4.79 Å². The maximum Gasteiger partial charge on any atom is 0.256 e. The van der Waals surface area contributed by atoms with Crippen molar-refractivity contribution < 1.29 is 9.53 Å². The summed E-state index contributed by atoms with van der Waals surface area (Å²) in [5, 5.41) is 10.0. The lowest BCUT2D eigenvalue weighted by Gasteiger charge is -2.29. The van der Waals surface area contributed by atoms with E-state index in [1.165, 1.54) is 23.3 Å². The smallest absolute Gasteiger partial charge is 0.256 e. The van der Waals surface area contributed by atoms with Crippen molar-refractivity contribution in [2.24, 2.45) is 0 Å². The Bertz CT molecular complexity index is 1040. The molecule has 1 aliphatic carbocycles. The Kier molecular flexibility index (Phi) is 4.05. The second-order valence-electron chi connectivity index (χ2n) is 7.10. The molecule has 2 aromatic carbocycles. The van der Waals surface area contributed by atoms with E-state index >= 15 is 0 Å². The summed E-state index contributed by atoms with van der Waals surface area (Å²) in [5.74, 6) is 0.849. The van der Waals surface area contributed by atoms with Crippen molar-refractivity contribution in [2.45, 2.75) is 38.8 Å². The molecule has 0 radical (unpaired) electrons. The van der Waals surface area contributed by atoms with Crippen molar-refractivity contribution in [2.75, 3.05) is 11.9 Å². The average molecular weight is 378 g/mol. The average Bonchev–Trinajstić information content (AvgIpc) is 3.07. The van der Waals surface area contributed by atoms with Gasteiger partial charge in [0.05, 0.1) is 12.2 Å². The first-order valence-corrected chi connectivity index (χ1v) is 10.4. The minimum atomic E-state index is -0.294. The lowest BCUT2D eigenvalue weighted by atomic mass is 9.94. The number of fused-ring (bicyclic) bond motifs is 4. The molecule has 2 heterocycles. The lowest BCUT2D eigenvalue weighted by Crippen LogP contribution is -2.38. The minimum Gasteiger partial charge on any atom is -0.493 e. The molecule has 0 saturated carbocycles. The molecule has 0 spiro atoms. The zero-order chi connectivity index (χ0) is 18.4. The van der Waals surface area contributed by atoms with Crippen molar-refractivity contribution in [3.63, 3.8) is 0 Å². The number of benzene rings is 2. The molecule has 2 N–H and O–H groups in total. The summed E-state index contributed by atoms with van der Waals surface area (Å²) < 4.78 is 5.91. The molecule has 27 heavy (non-hydrogen) atoms. The summed E-state index contributed by atoms with van der Waals surface area (Å²) in [6.07, 6.45) is 4.20. The second-order valence-corrected chi connectivity index (χ2v) is 8.20. The van der Waals surface area contributed by atoms with Gasteiger partial charge in [-0.2, -0.15) is 0 Å². The van der Waals surface area contributed by atoms with Gasteiger partial charge < -0.3 is 15.4 Å². The number of rotatable bonds is 3. The number of carbonyl (C=O) groups is 1. The van der Waals surface area contributed by atoms with E-state index in [9.17, 15) is 4.79 Å². The number of aryl methyl sites for hydroxylation is 1. The summed E-state index contributed by atoms with van der Waals surface area (Å²) in [5.41, 5.74) is 3.12. The Morgan fingerprint density at radius 2 is 1.96 bits per heavy atom. The van der Waals surface area contributed by atoms with E-state index in [0.29, 0.717) is 6.61 Å². The molecular weight excluding hydrogens is 356 g/mol. The molecule has 5 rings (SSSR count). The molecule has 5 heteroatoms. The van der Waals surface area contributed by atoms with Crippen LogP contribution in [0.1, 0.15) is 52.3 Å². The lowest BCUT2D eigenvalue weighted by molar-refractivity contribution is 0.0935. The number of amides is 1. The normalized spacial score (nSPS) is 18.4. The van der Waals surface area contributed by atoms with Crippen LogP contribution in [-0.2, 0) is 12.8 Å². The molecule has 1 atom stereocenters. The van der Waals surface area contributed by atoms with Gasteiger partial charge in [-0.05, 0) is 55.0 Å². The van der Waals surface area contributed by atoms with Gasteiger partial charge in [-0.15, -0.1) is 11.3 Å². The third kappa shape index (κ3) is 2.69. The van der Waals surface area contributed by atoms with Crippen LogP contribution < -0.4 is 15.4 Å². The molecule has 1 aliphatic heterocycles. The zero-order valence-corrected chi connectivity index (χ0v) is 16.1. The number of hydrogen-bond acceptors (Lipinski definition) is 4. The maximum absolute atomic E-state index is 13.0. The predicted octanol–water partition coefficient (Wildman–Crippen LogP) is 5.03. The van der Waals surface area contributed by atoms with Gasteiger partial charge in [0.15, 0.2) is 0 Å². The number of carbonyl (C=O) groups excluding carboxylic acids is 1. The standard InChI is InChI=1S/C22H22N2O2S/c1-2-26-16-12-11-13-7-3-4-8-14(13)18(16)20-23-21(25)19-15-9-5-6-10-17(15)27-22(19)24-20/h3-4,7-8,11-12,20,24H,2,5-6,9-10H2,1H3,(H,23,25). The molecule has 2 aliphatic rings. The largest absolute Gasteiger partial charge is 0.493 e. The molecule has 138 valence electrons. The maximum atomic E-state index is 13.0. The van der Waals surface area contributed by atoms with Crippen LogP contribution in [0.4, 0.5) is 5.00 Å². The highest BCUT2D eigenvalue weighted by Crippen LogP contribution is 2.43. The Balaban J connectivity index is 1.63. The third-order valence-corrected chi connectivity index (χ3v) is 6.69. The van der Waals surface area contributed by atoms with Gasteiger partial charge in [0.1, 0.15) is 16.9 Å². The van der Waals surface area contributed by atoms with E-state index in [2.05, 4.69) is 28.8 Å². The summed E-state index contributed by atoms with van der Waals surface area (Å²) in [4.78, 5) is 14.4. The van der Waals surface area contributed by atoms with Crippen LogP contribution in [0, 0.1) is 0 Å². The van der Waals surface area contributed by atoms with Crippen LogP contribution in [0.5, 0.6) is 5.75 Å². The van der Waals surface area contributed by atoms with Crippen LogP contribution in [0.3, 0.4) is 0 Å². The van der Waals surface area contributed by atoms with Crippen LogP contribution >= 0.6 is 11.3 Å². The van der Waals surface area contributed by atoms with Crippen molar-refractivity contribution >= 4 is 33.0 Å². The van der Waals surface area contributed by atoms with E-state index < -0.39 is 0 Å². The molecule has 3 aromatic rings. The van der Waals surface area contributed by atoms with Gasteiger partial charge in [0, 0.05) is 10.4 Å². The van der Waals surface area contributed by atoms with E-state index in [4.69, 9.17) is 4.74 Å². The molecule has 0 bridgehead atoms. The Labute approximate surface area is 162 Å². The Morgan fingerprint density at radius 1 is 1.11 bits per heavy atom. The summed E-state index contributed by atoms with van der Waals surface area (Å²) in [7, 11) is 0. The summed E-state index contributed by atoms with van der Waals surface area (Å²) in [6, 6.07) is 12.3. The Morgan fingerprint density at radius 3 is 2.85 bits per heavy atom.